The Kier molecular flexibility index (Phi) is 8.12. The first-order valence-corrected chi connectivity index (χ1v) is 9.02. The molecule has 1 atom stereocenters. The normalized spacial score (nSPS) is 12.5. The number of halogens is 3. The molecule has 0 amide bonds. The van der Waals surface area contributed by atoms with Crippen molar-refractivity contribution in [3.8, 4) is 0 Å². The molecule has 0 aliphatic heterocycles. The highest BCUT2D eigenvalue weighted by molar-refractivity contribution is 14.0. The minimum Gasteiger partial charge on any atom is -0.356 e. The molecule has 3 aromatic rings. The lowest BCUT2D eigenvalue weighted by molar-refractivity contribution is 0.692. The van der Waals surface area contributed by atoms with Crippen LogP contribution in [0.5, 0.6) is 0 Å². The molecule has 0 saturated carbocycles. The van der Waals surface area contributed by atoms with Crippen molar-refractivity contribution in [3.05, 3.63) is 64.0 Å². The predicted molar refractivity (Wildman–Crippen MR) is 121 cm³/mol. The topological polar surface area (TPSA) is 66.6 Å². The lowest BCUT2D eigenvalue weighted by atomic mass is 10.0. The highest BCUT2D eigenvalue weighted by atomic mass is 127. The average molecular weight is 519 g/mol. The highest BCUT2D eigenvalue weighted by Gasteiger charge is 2.14. The summed E-state index contributed by atoms with van der Waals surface area (Å²) in [6.07, 6.45) is 1.93. The Morgan fingerprint density at radius 2 is 1.85 bits per heavy atom. The number of rotatable bonds is 5. The summed E-state index contributed by atoms with van der Waals surface area (Å²) in [6, 6.07) is 11.3. The van der Waals surface area contributed by atoms with Gasteiger partial charge in [-0.15, -0.1) is 34.2 Å². The van der Waals surface area contributed by atoms with Crippen LogP contribution in [0.2, 0.25) is 10.0 Å². The third kappa shape index (κ3) is 5.24. The second kappa shape index (κ2) is 10.1. The van der Waals surface area contributed by atoms with Crippen LogP contribution in [0.1, 0.15) is 24.2 Å². The van der Waals surface area contributed by atoms with Crippen LogP contribution in [0.15, 0.2) is 47.6 Å². The number of nitrogens with zero attached hydrogens (tertiary/aromatic N) is 4. The van der Waals surface area contributed by atoms with Gasteiger partial charge in [0, 0.05) is 35.8 Å². The summed E-state index contributed by atoms with van der Waals surface area (Å²) in [5.41, 5.74) is 1.75. The summed E-state index contributed by atoms with van der Waals surface area (Å²) in [5.74, 6) is 1.61. The van der Waals surface area contributed by atoms with Gasteiger partial charge in [0.15, 0.2) is 17.4 Å². The first-order chi connectivity index (χ1) is 12.6. The maximum absolute atomic E-state index is 6.28. The van der Waals surface area contributed by atoms with E-state index in [4.69, 9.17) is 23.2 Å². The fraction of sp³-hybridized carbons (Fsp3) is 0.278. The number of benzene rings is 1. The first kappa shape index (κ1) is 21.7. The van der Waals surface area contributed by atoms with Crippen molar-refractivity contribution in [2.45, 2.75) is 19.4 Å². The Morgan fingerprint density at radius 3 is 2.56 bits per heavy atom. The van der Waals surface area contributed by atoms with Crippen LogP contribution in [0, 0.1) is 0 Å². The maximum atomic E-state index is 6.28. The highest BCUT2D eigenvalue weighted by Crippen LogP contribution is 2.30. The molecule has 0 bridgehead atoms. The molecule has 0 radical (unpaired) electrons. The zero-order chi connectivity index (χ0) is 18.5. The second-order valence-corrected chi connectivity index (χ2v) is 6.70. The van der Waals surface area contributed by atoms with Gasteiger partial charge in [-0.3, -0.25) is 9.39 Å². The van der Waals surface area contributed by atoms with Gasteiger partial charge in [-0.05, 0) is 29.8 Å². The quantitative estimate of drug-likeness (QED) is 0.303. The summed E-state index contributed by atoms with van der Waals surface area (Å²) in [4.78, 5) is 4.25. The van der Waals surface area contributed by atoms with Crippen LogP contribution in [-0.4, -0.2) is 34.2 Å². The Hall–Kier alpha value is -1.58. The van der Waals surface area contributed by atoms with Crippen LogP contribution < -0.4 is 10.6 Å². The van der Waals surface area contributed by atoms with Gasteiger partial charge in [0.2, 0.25) is 0 Å². The van der Waals surface area contributed by atoms with Crippen LogP contribution >= 0.6 is 47.2 Å². The van der Waals surface area contributed by atoms with Gasteiger partial charge in [0.1, 0.15) is 0 Å². The van der Waals surface area contributed by atoms with Crippen molar-refractivity contribution in [2.75, 3.05) is 13.6 Å². The Labute approximate surface area is 185 Å². The number of hydrogen-bond donors (Lipinski definition) is 2. The molecule has 2 heterocycles. The summed E-state index contributed by atoms with van der Waals surface area (Å²) in [7, 11) is 1.73. The van der Waals surface area contributed by atoms with Gasteiger partial charge in [0.25, 0.3) is 0 Å². The minimum atomic E-state index is 0. The Bertz CT molecular complexity index is 907. The molecule has 0 fully saturated rings. The molecule has 1 aromatic carbocycles. The van der Waals surface area contributed by atoms with Crippen LogP contribution in [0.25, 0.3) is 5.65 Å². The van der Waals surface area contributed by atoms with E-state index in [2.05, 4.69) is 32.7 Å². The number of guanidine groups is 1. The Morgan fingerprint density at radius 1 is 1.11 bits per heavy atom. The summed E-state index contributed by atoms with van der Waals surface area (Å²) in [5, 5.41) is 16.2. The standard InChI is InChI=1S/C18H20Cl2N6.HI/c1-12(17-13(19)6-5-7-14(17)20)10-22-18(21-2)23-11-16-25-24-15-8-3-4-9-26(15)16;/h3-9,12H,10-11H2,1-2H3,(H2,21,22,23);1H. The van der Waals surface area contributed by atoms with Crippen molar-refractivity contribution in [3.63, 3.8) is 0 Å². The van der Waals surface area contributed by atoms with Crippen LogP contribution in [0.4, 0.5) is 0 Å². The number of pyridine rings is 1. The average Bonchev–Trinajstić information content (AvgIpc) is 3.05. The lowest BCUT2D eigenvalue weighted by Gasteiger charge is -2.18. The van der Waals surface area contributed by atoms with Gasteiger partial charge in [-0.25, -0.2) is 0 Å². The van der Waals surface area contributed by atoms with E-state index in [0.29, 0.717) is 29.1 Å². The van der Waals surface area contributed by atoms with E-state index in [9.17, 15) is 0 Å². The molecular formula is C18H21Cl2IN6. The number of aliphatic imine (C=N–C) groups is 1. The van der Waals surface area contributed by atoms with Gasteiger partial charge >= 0.3 is 0 Å². The maximum Gasteiger partial charge on any atom is 0.191 e. The largest absolute Gasteiger partial charge is 0.356 e. The van der Waals surface area contributed by atoms with Gasteiger partial charge < -0.3 is 10.6 Å². The third-order valence-electron chi connectivity index (χ3n) is 4.09. The summed E-state index contributed by atoms with van der Waals surface area (Å²) in [6.45, 7) is 3.22. The van der Waals surface area contributed by atoms with Crippen molar-refractivity contribution in [1.29, 1.82) is 0 Å². The van der Waals surface area contributed by atoms with E-state index < -0.39 is 0 Å². The smallest absolute Gasteiger partial charge is 0.191 e. The SMILES string of the molecule is CN=C(NCc1nnc2ccccn12)NCC(C)c1c(Cl)cccc1Cl.I. The number of aromatic nitrogens is 3. The van der Waals surface area contributed by atoms with E-state index in [1.54, 1.807) is 7.05 Å². The van der Waals surface area contributed by atoms with Crippen molar-refractivity contribution >= 4 is 58.8 Å². The molecule has 27 heavy (non-hydrogen) atoms. The molecule has 6 nitrogen and oxygen atoms in total. The third-order valence-corrected chi connectivity index (χ3v) is 4.75. The molecule has 9 heteroatoms. The molecule has 1 unspecified atom stereocenters. The zero-order valence-corrected chi connectivity index (χ0v) is 18.8. The number of fused-ring (bicyclic) bond motifs is 1. The minimum absolute atomic E-state index is 0. The molecule has 2 N–H and O–H groups in total. The molecule has 3 rings (SSSR count). The molecular weight excluding hydrogens is 498 g/mol. The summed E-state index contributed by atoms with van der Waals surface area (Å²) < 4.78 is 1.94. The van der Waals surface area contributed by atoms with Gasteiger partial charge in [-0.2, -0.15) is 0 Å². The zero-order valence-electron chi connectivity index (χ0n) is 15.0. The molecule has 0 saturated heterocycles. The number of nitrogens with one attached hydrogen (secondary N) is 2. The van der Waals surface area contributed by atoms with E-state index in [1.807, 2.05) is 47.0 Å². The van der Waals surface area contributed by atoms with Crippen LogP contribution in [0.3, 0.4) is 0 Å². The first-order valence-electron chi connectivity index (χ1n) is 8.27. The molecule has 0 spiro atoms. The second-order valence-electron chi connectivity index (χ2n) is 5.89. The van der Waals surface area contributed by atoms with Crippen molar-refractivity contribution < 1.29 is 0 Å². The molecule has 144 valence electrons. The monoisotopic (exact) mass is 518 g/mol. The fourth-order valence-electron chi connectivity index (χ4n) is 2.73. The molecule has 2 aromatic heterocycles. The van der Waals surface area contributed by atoms with E-state index in [1.165, 1.54) is 0 Å². The molecule has 0 aliphatic carbocycles. The summed E-state index contributed by atoms with van der Waals surface area (Å²) >= 11 is 12.6. The van der Waals surface area contributed by atoms with Crippen molar-refractivity contribution in [1.82, 2.24) is 25.2 Å². The van der Waals surface area contributed by atoms with Gasteiger partial charge in [0.05, 0.1) is 6.54 Å². The lowest BCUT2D eigenvalue weighted by Crippen LogP contribution is -2.39. The molecule has 0 aliphatic rings. The van der Waals surface area contributed by atoms with E-state index in [-0.39, 0.29) is 29.9 Å². The van der Waals surface area contributed by atoms with Gasteiger partial charge in [-0.1, -0.05) is 42.3 Å². The van der Waals surface area contributed by atoms with E-state index >= 15 is 0 Å². The predicted octanol–water partition coefficient (Wildman–Crippen LogP) is 4.12. The Balaban J connectivity index is 0.00000261. The fourth-order valence-corrected chi connectivity index (χ4v) is 3.50. The number of hydrogen-bond acceptors (Lipinski definition) is 3. The van der Waals surface area contributed by atoms with E-state index in [0.717, 1.165) is 17.0 Å². The van der Waals surface area contributed by atoms with Crippen LogP contribution in [-0.2, 0) is 6.54 Å². The van der Waals surface area contributed by atoms with Crippen molar-refractivity contribution in [2.24, 2.45) is 4.99 Å².